The van der Waals surface area contributed by atoms with Crippen molar-refractivity contribution < 1.29 is 19.1 Å². The number of nitrogens with two attached hydrogens (primary N) is 1. The van der Waals surface area contributed by atoms with Crippen molar-refractivity contribution in [3.05, 3.63) is 0 Å². The summed E-state index contributed by atoms with van der Waals surface area (Å²) in [6, 6.07) is -0.533. The molecule has 114 valence electrons. The molecule has 20 heavy (non-hydrogen) atoms. The van der Waals surface area contributed by atoms with E-state index in [0.717, 1.165) is 12.8 Å². The largest absolute Gasteiger partial charge is 0.460 e. The summed E-state index contributed by atoms with van der Waals surface area (Å²) < 4.78 is 5.15. The molecule has 1 atom stereocenters. The fraction of sp³-hybridized carbons (Fsp3) is 0.786. The van der Waals surface area contributed by atoms with E-state index in [1.165, 1.54) is 4.90 Å². The molecule has 1 saturated heterocycles. The Balaban J connectivity index is 2.49. The summed E-state index contributed by atoms with van der Waals surface area (Å²) in [7, 11) is 0. The van der Waals surface area contributed by atoms with Crippen molar-refractivity contribution in [2.75, 3.05) is 6.54 Å². The van der Waals surface area contributed by atoms with Gasteiger partial charge in [0.25, 0.3) is 0 Å². The fourth-order valence-corrected chi connectivity index (χ4v) is 2.27. The molecule has 0 radical (unpaired) electrons. The number of carbonyl (C=O) groups excluding carboxylic acids is 3. The van der Waals surface area contributed by atoms with Gasteiger partial charge in [-0.05, 0) is 40.0 Å². The number of ether oxygens (including phenoxy) is 1. The summed E-state index contributed by atoms with van der Waals surface area (Å²) >= 11 is 0. The Morgan fingerprint density at radius 2 is 1.85 bits per heavy atom. The Morgan fingerprint density at radius 1 is 1.20 bits per heavy atom. The standard InChI is InChI=1S/C14H24N2O4/c1-14(2,3)20-12(18)8-7-11(17)16-9-5-4-6-10(16)13(15)19/h10H,4-9H2,1-3H3,(H2,15,19). The smallest absolute Gasteiger partial charge is 0.306 e. The molecule has 1 aliphatic heterocycles. The number of amides is 2. The molecule has 2 amide bonds. The summed E-state index contributed by atoms with van der Waals surface area (Å²) in [5.41, 5.74) is 4.76. The van der Waals surface area contributed by atoms with E-state index in [4.69, 9.17) is 10.5 Å². The Labute approximate surface area is 119 Å². The predicted molar refractivity (Wildman–Crippen MR) is 73.6 cm³/mol. The van der Waals surface area contributed by atoms with E-state index in [1.54, 1.807) is 20.8 Å². The molecular formula is C14H24N2O4. The minimum atomic E-state index is -0.555. The van der Waals surface area contributed by atoms with Crippen molar-refractivity contribution in [2.24, 2.45) is 5.73 Å². The zero-order chi connectivity index (χ0) is 15.3. The van der Waals surface area contributed by atoms with E-state index in [9.17, 15) is 14.4 Å². The molecule has 0 saturated carbocycles. The monoisotopic (exact) mass is 284 g/mol. The average molecular weight is 284 g/mol. The Kier molecular flexibility index (Phi) is 5.53. The number of esters is 1. The molecule has 0 aromatic carbocycles. The molecule has 0 aromatic heterocycles. The second kappa shape index (κ2) is 6.72. The van der Waals surface area contributed by atoms with Crippen LogP contribution in [0.3, 0.4) is 0 Å². The van der Waals surface area contributed by atoms with Crippen molar-refractivity contribution in [1.82, 2.24) is 4.90 Å². The van der Waals surface area contributed by atoms with E-state index in [-0.39, 0.29) is 18.7 Å². The first-order valence-electron chi connectivity index (χ1n) is 7.01. The summed E-state index contributed by atoms with van der Waals surface area (Å²) in [6.07, 6.45) is 2.44. The van der Waals surface area contributed by atoms with Gasteiger partial charge in [0.05, 0.1) is 6.42 Å². The molecule has 0 aliphatic carbocycles. The Hall–Kier alpha value is -1.59. The van der Waals surface area contributed by atoms with Crippen molar-refractivity contribution in [2.45, 2.75) is 64.5 Å². The van der Waals surface area contributed by atoms with Crippen LogP contribution in [0.25, 0.3) is 0 Å². The van der Waals surface area contributed by atoms with Crippen LogP contribution in [0, 0.1) is 0 Å². The second-order valence-corrected chi connectivity index (χ2v) is 6.09. The lowest BCUT2D eigenvalue weighted by Crippen LogP contribution is -2.50. The zero-order valence-electron chi connectivity index (χ0n) is 12.5. The molecule has 1 unspecified atom stereocenters. The third-order valence-electron chi connectivity index (χ3n) is 3.11. The van der Waals surface area contributed by atoms with Gasteiger partial charge in [0, 0.05) is 13.0 Å². The number of primary amides is 1. The topological polar surface area (TPSA) is 89.7 Å². The predicted octanol–water partition coefficient (Wildman–Crippen LogP) is 0.975. The van der Waals surface area contributed by atoms with Gasteiger partial charge in [0.15, 0.2) is 0 Å². The van der Waals surface area contributed by atoms with E-state index in [1.807, 2.05) is 0 Å². The van der Waals surface area contributed by atoms with Crippen LogP contribution >= 0.6 is 0 Å². The highest BCUT2D eigenvalue weighted by atomic mass is 16.6. The normalized spacial score (nSPS) is 19.6. The van der Waals surface area contributed by atoms with Crippen molar-refractivity contribution >= 4 is 17.8 Å². The lowest BCUT2D eigenvalue weighted by atomic mass is 10.0. The van der Waals surface area contributed by atoms with Gasteiger partial charge < -0.3 is 15.4 Å². The fourth-order valence-electron chi connectivity index (χ4n) is 2.27. The molecule has 2 N–H and O–H groups in total. The maximum absolute atomic E-state index is 12.1. The summed E-state index contributed by atoms with van der Waals surface area (Å²) in [5, 5.41) is 0. The van der Waals surface area contributed by atoms with E-state index < -0.39 is 23.5 Å². The first-order valence-corrected chi connectivity index (χ1v) is 7.01. The molecule has 1 rings (SSSR count). The number of piperidine rings is 1. The van der Waals surface area contributed by atoms with E-state index in [2.05, 4.69) is 0 Å². The van der Waals surface area contributed by atoms with Crippen molar-refractivity contribution in [3.8, 4) is 0 Å². The molecular weight excluding hydrogens is 260 g/mol. The van der Waals surface area contributed by atoms with Crippen LogP contribution in [0.1, 0.15) is 52.9 Å². The molecule has 0 spiro atoms. The highest BCUT2D eigenvalue weighted by molar-refractivity contribution is 5.88. The molecule has 1 heterocycles. The summed E-state index contributed by atoms with van der Waals surface area (Å²) in [4.78, 5) is 36.5. The molecule has 0 aromatic rings. The Morgan fingerprint density at radius 3 is 2.40 bits per heavy atom. The van der Waals surface area contributed by atoms with Gasteiger partial charge in [-0.1, -0.05) is 0 Å². The third-order valence-corrected chi connectivity index (χ3v) is 3.11. The first-order chi connectivity index (χ1) is 9.20. The third kappa shape index (κ3) is 5.19. The average Bonchev–Trinajstić information content (AvgIpc) is 2.33. The van der Waals surface area contributed by atoms with Gasteiger partial charge in [0.2, 0.25) is 11.8 Å². The number of rotatable bonds is 4. The number of hydrogen-bond donors (Lipinski definition) is 1. The minimum absolute atomic E-state index is 0.0259. The second-order valence-electron chi connectivity index (χ2n) is 6.09. The van der Waals surface area contributed by atoms with Gasteiger partial charge in [-0.3, -0.25) is 14.4 Å². The van der Waals surface area contributed by atoms with Crippen LogP contribution in [0.4, 0.5) is 0 Å². The van der Waals surface area contributed by atoms with Crippen LogP contribution < -0.4 is 5.73 Å². The van der Waals surface area contributed by atoms with E-state index in [0.29, 0.717) is 13.0 Å². The van der Waals surface area contributed by atoms with Gasteiger partial charge in [-0.2, -0.15) is 0 Å². The van der Waals surface area contributed by atoms with Crippen LogP contribution in [-0.4, -0.2) is 40.9 Å². The molecule has 6 nitrogen and oxygen atoms in total. The molecule has 1 aliphatic rings. The van der Waals surface area contributed by atoms with Crippen LogP contribution in [0.15, 0.2) is 0 Å². The quantitative estimate of drug-likeness (QED) is 0.779. The van der Waals surface area contributed by atoms with Crippen molar-refractivity contribution in [1.29, 1.82) is 0 Å². The van der Waals surface area contributed by atoms with E-state index >= 15 is 0 Å². The summed E-state index contributed by atoms with van der Waals surface area (Å²) in [5.74, 6) is -1.09. The SMILES string of the molecule is CC(C)(C)OC(=O)CCC(=O)N1CCCCC1C(N)=O. The van der Waals surface area contributed by atoms with Crippen LogP contribution in [-0.2, 0) is 19.1 Å². The number of carbonyl (C=O) groups is 3. The number of nitrogens with zero attached hydrogens (tertiary/aromatic N) is 1. The van der Waals surface area contributed by atoms with Gasteiger partial charge in [-0.15, -0.1) is 0 Å². The van der Waals surface area contributed by atoms with Crippen LogP contribution in [0.2, 0.25) is 0 Å². The number of likely N-dealkylation sites (tertiary alicyclic amines) is 1. The highest BCUT2D eigenvalue weighted by Crippen LogP contribution is 2.18. The van der Waals surface area contributed by atoms with Gasteiger partial charge in [-0.25, -0.2) is 0 Å². The summed E-state index contributed by atoms with van der Waals surface area (Å²) in [6.45, 7) is 5.86. The lowest BCUT2D eigenvalue weighted by molar-refractivity contribution is -0.156. The van der Waals surface area contributed by atoms with Gasteiger partial charge in [0.1, 0.15) is 11.6 Å². The lowest BCUT2D eigenvalue weighted by Gasteiger charge is -2.33. The Bertz CT molecular complexity index is 387. The maximum Gasteiger partial charge on any atom is 0.306 e. The number of hydrogen-bond acceptors (Lipinski definition) is 4. The van der Waals surface area contributed by atoms with Crippen molar-refractivity contribution in [3.63, 3.8) is 0 Å². The zero-order valence-corrected chi connectivity index (χ0v) is 12.5. The van der Waals surface area contributed by atoms with Crippen LogP contribution in [0.5, 0.6) is 0 Å². The highest BCUT2D eigenvalue weighted by Gasteiger charge is 2.30. The minimum Gasteiger partial charge on any atom is -0.460 e. The molecule has 1 fully saturated rings. The maximum atomic E-state index is 12.1. The first kappa shape index (κ1) is 16.5. The molecule has 6 heteroatoms. The molecule has 0 bridgehead atoms. The van der Waals surface area contributed by atoms with Gasteiger partial charge >= 0.3 is 5.97 Å².